The van der Waals surface area contributed by atoms with Crippen LogP contribution >= 0.6 is 0 Å². The zero-order valence-corrected chi connectivity index (χ0v) is 18.0. The topological polar surface area (TPSA) is 100 Å². The second-order valence-electron chi connectivity index (χ2n) is 7.62. The van der Waals surface area contributed by atoms with E-state index in [1.165, 1.54) is 0 Å². The molecule has 0 saturated carbocycles. The monoisotopic (exact) mass is 440 g/mol. The van der Waals surface area contributed by atoms with E-state index in [2.05, 4.69) is 25.1 Å². The normalized spacial score (nSPS) is 16.6. The quantitative estimate of drug-likeness (QED) is 0.707. The third-order valence-electron chi connectivity index (χ3n) is 5.53. The van der Waals surface area contributed by atoms with Crippen LogP contribution in [-0.4, -0.2) is 85.9 Å². The third kappa shape index (κ3) is 5.85. The SMILES string of the molecule is O=C(NCC(=O)N1CCN(c2cc(N3CCOCC3)ncn2)CC1)OCc1ccccc1. The summed E-state index contributed by atoms with van der Waals surface area (Å²) in [5.74, 6) is 1.63. The molecule has 2 aliphatic rings. The summed E-state index contributed by atoms with van der Waals surface area (Å²) in [6.45, 7) is 5.61. The number of alkyl carbamates (subject to hydrolysis) is 1. The van der Waals surface area contributed by atoms with Gasteiger partial charge >= 0.3 is 6.09 Å². The van der Waals surface area contributed by atoms with Gasteiger partial charge in [0.15, 0.2) is 0 Å². The summed E-state index contributed by atoms with van der Waals surface area (Å²) >= 11 is 0. The number of hydrogen-bond acceptors (Lipinski definition) is 8. The van der Waals surface area contributed by atoms with Gasteiger partial charge in [-0.2, -0.15) is 0 Å². The summed E-state index contributed by atoms with van der Waals surface area (Å²) in [6.07, 6.45) is 0.986. The standard InChI is InChI=1S/C22H28N6O4/c29-21(15-23-22(30)32-16-18-4-2-1-3-5-18)28-8-6-26(7-9-28)19-14-20(25-17-24-19)27-10-12-31-13-11-27/h1-5,14,17H,6-13,15-16H2,(H,23,30). The minimum Gasteiger partial charge on any atom is -0.445 e. The molecule has 0 atom stereocenters. The smallest absolute Gasteiger partial charge is 0.407 e. The first kappa shape index (κ1) is 21.8. The molecule has 32 heavy (non-hydrogen) atoms. The molecule has 1 N–H and O–H groups in total. The lowest BCUT2D eigenvalue weighted by molar-refractivity contribution is -0.130. The fourth-order valence-corrected chi connectivity index (χ4v) is 3.69. The maximum Gasteiger partial charge on any atom is 0.407 e. The van der Waals surface area contributed by atoms with Gasteiger partial charge in [0.1, 0.15) is 31.1 Å². The van der Waals surface area contributed by atoms with Crippen LogP contribution in [0.25, 0.3) is 0 Å². The molecule has 2 aromatic rings. The molecule has 1 aromatic carbocycles. The maximum absolute atomic E-state index is 12.5. The number of aromatic nitrogens is 2. The van der Waals surface area contributed by atoms with E-state index in [-0.39, 0.29) is 19.1 Å². The lowest BCUT2D eigenvalue weighted by atomic mass is 10.2. The van der Waals surface area contributed by atoms with Crippen molar-refractivity contribution in [3.8, 4) is 0 Å². The molecule has 2 fully saturated rings. The van der Waals surface area contributed by atoms with Crippen molar-refractivity contribution in [3.63, 3.8) is 0 Å². The number of benzene rings is 1. The van der Waals surface area contributed by atoms with Crippen molar-refractivity contribution in [1.82, 2.24) is 20.2 Å². The van der Waals surface area contributed by atoms with Crippen molar-refractivity contribution in [2.24, 2.45) is 0 Å². The predicted molar refractivity (Wildman–Crippen MR) is 118 cm³/mol. The predicted octanol–water partition coefficient (Wildman–Crippen LogP) is 0.888. The fourth-order valence-electron chi connectivity index (χ4n) is 3.69. The summed E-state index contributed by atoms with van der Waals surface area (Å²) < 4.78 is 10.6. The average molecular weight is 441 g/mol. The van der Waals surface area contributed by atoms with E-state index >= 15 is 0 Å². The van der Waals surface area contributed by atoms with Crippen molar-refractivity contribution >= 4 is 23.6 Å². The largest absolute Gasteiger partial charge is 0.445 e. The van der Waals surface area contributed by atoms with Crippen LogP contribution < -0.4 is 15.1 Å². The van der Waals surface area contributed by atoms with Gasteiger partial charge in [-0.05, 0) is 5.56 Å². The molecule has 0 radical (unpaired) electrons. The van der Waals surface area contributed by atoms with E-state index in [1.54, 1.807) is 11.2 Å². The van der Waals surface area contributed by atoms with Crippen molar-refractivity contribution in [1.29, 1.82) is 0 Å². The summed E-state index contributed by atoms with van der Waals surface area (Å²) in [5.41, 5.74) is 0.895. The Kier molecular flexibility index (Phi) is 7.34. The fraction of sp³-hybridized carbons (Fsp3) is 0.455. The van der Waals surface area contributed by atoms with Gasteiger partial charge in [0.05, 0.1) is 13.2 Å². The molecule has 0 bridgehead atoms. The number of ether oxygens (including phenoxy) is 2. The van der Waals surface area contributed by atoms with E-state index in [1.807, 2.05) is 36.4 Å². The summed E-state index contributed by atoms with van der Waals surface area (Å²) in [5, 5.41) is 2.53. The van der Waals surface area contributed by atoms with E-state index < -0.39 is 6.09 Å². The Labute approximate surface area is 187 Å². The Bertz CT molecular complexity index is 898. The molecule has 0 spiro atoms. The van der Waals surface area contributed by atoms with Gasteiger partial charge in [-0.1, -0.05) is 30.3 Å². The molecule has 0 unspecified atom stereocenters. The number of rotatable bonds is 6. The molecular formula is C22H28N6O4. The van der Waals surface area contributed by atoms with Crippen LogP contribution in [-0.2, 0) is 20.9 Å². The van der Waals surface area contributed by atoms with E-state index in [0.29, 0.717) is 39.4 Å². The zero-order valence-electron chi connectivity index (χ0n) is 18.0. The van der Waals surface area contributed by atoms with Gasteiger partial charge < -0.3 is 29.5 Å². The summed E-state index contributed by atoms with van der Waals surface area (Å²) in [4.78, 5) is 39.2. The van der Waals surface area contributed by atoms with Gasteiger partial charge in [-0.25, -0.2) is 14.8 Å². The molecule has 4 rings (SSSR count). The van der Waals surface area contributed by atoms with Gasteiger partial charge in [0.25, 0.3) is 0 Å². The average Bonchev–Trinajstić information content (AvgIpc) is 2.87. The Hall–Kier alpha value is -3.40. The van der Waals surface area contributed by atoms with Gasteiger partial charge in [0, 0.05) is 45.3 Å². The van der Waals surface area contributed by atoms with E-state index in [4.69, 9.17) is 9.47 Å². The molecule has 2 aliphatic heterocycles. The lowest BCUT2D eigenvalue weighted by Crippen LogP contribution is -2.51. The lowest BCUT2D eigenvalue weighted by Gasteiger charge is -2.36. The van der Waals surface area contributed by atoms with Crippen molar-refractivity contribution in [2.45, 2.75) is 6.61 Å². The van der Waals surface area contributed by atoms with Gasteiger partial charge in [0.2, 0.25) is 5.91 Å². The van der Waals surface area contributed by atoms with Crippen LogP contribution in [0.4, 0.5) is 16.4 Å². The molecule has 0 aliphatic carbocycles. The molecule has 2 saturated heterocycles. The molecule has 2 amide bonds. The number of carbonyl (C=O) groups is 2. The molecule has 1 aromatic heterocycles. The molecule has 10 nitrogen and oxygen atoms in total. The zero-order chi connectivity index (χ0) is 22.2. The second-order valence-corrected chi connectivity index (χ2v) is 7.62. The number of hydrogen-bond donors (Lipinski definition) is 1. The Morgan fingerprint density at radius 2 is 1.59 bits per heavy atom. The molecule has 170 valence electrons. The highest BCUT2D eigenvalue weighted by Gasteiger charge is 2.23. The number of anilines is 2. The summed E-state index contributed by atoms with van der Waals surface area (Å²) in [6, 6.07) is 11.4. The van der Waals surface area contributed by atoms with Crippen LogP contribution in [0.1, 0.15) is 5.56 Å². The minimum atomic E-state index is -0.600. The number of carbonyl (C=O) groups excluding carboxylic acids is 2. The van der Waals surface area contributed by atoms with Crippen LogP contribution in [0.3, 0.4) is 0 Å². The van der Waals surface area contributed by atoms with Crippen LogP contribution in [0.15, 0.2) is 42.7 Å². The Morgan fingerprint density at radius 3 is 2.28 bits per heavy atom. The number of nitrogens with one attached hydrogen (secondary N) is 1. The first-order chi connectivity index (χ1) is 15.7. The maximum atomic E-state index is 12.5. The van der Waals surface area contributed by atoms with Crippen LogP contribution in [0.5, 0.6) is 0 Å². The van der Waals surface area contributed by atoms with Crippen LogP contribution in [0.2, 0.25) is 0 Å². The minimum absolute atomic E-state index is 0.0810. The van der Waals surface area contributed by atoms with E-state index in [0.717, 1.165) is 30.3 Å². The van der Waals surface area contributed by atoms with Gasteiger partial charge in [-0.3, -0.25) is 4.79 Å². The first-order valence-corrected chi connectivity index (χ1v) is 10.8. The Morgan fingerprint density at radius 1 is 0.938 bits per heavy atom. The number of piperazine rings is 1. The number of nitrogens with zero attached hydrogens (tertiary/aromatic N) is 5. The highest BCUT2D eigenvalue weighted by Crippen LogP contribution is 2.19. The Balaban J connectivity index is 1.20. The second kappa shape index (κ2) is 10.8. The molecular weight excluding hydrogens is 412 g/mol. The third-order valence-corrected chi connectivity index (χ3v) is 5.53. The molecule has 10 heteroatoms. The molecule has 3 heterocycles. The van der Waals surface area contributed by atoms with Crippen molar-refractivity contribution < 1.29 is 19.1 Å². The van der Waals surface area contributed by atoms with Gasteiger partial charge in [-0.15, -0.1) is 0 Å². The van der Waals surface area contributed by atoms with Crippen LogP contribution in [0, 0.1) is 0 Å². The highest BCUT2D eigenvalue weighted by molar-refractivity contribution is 5.82. The summed E-state index contributed by atoms with van der Waals surface area (Å²) in [7, 11) is 0. The highest BCUT2D eigenvalue weighted by atomic mass is 16.5. The number of morpholine rings is 1. The van der Waals surface area contributed by atoms with E-state index in [9.17, 15) is 9.59 Å². The first-order valence-electron chi connectivity index (χ1n) is 10.8. The number of amides is 2. The van der Waals surface area contributed by atoms with Crippen molar-refractivity contribution in [3.05, 3.63) is 48.3 Å². The van der Waals surface area contributed by atoms with Crippen molar-refractivity contribution in [2.75, 3.05) is 68.8 Å².